The summed E-state index contributed by atoms with van der Waals surface area (Å²) in [6.07, 6.45) is 0. The van der Waals surface area contributed by atoms with Crippen molar-refractivity contribution < 1.29 is 23.8 Å². The molecule has 140 valence electrons. The van der Waals surface area contributed by atoms with Gasteiger partial charge in [0.25, 0.3) is 0 Å². The Morgan fingerprint density at radius 1 is 0.667 bits per heavy atom. The quantitative estimate of drug-likeness (QED) is 0.493. The van der Waals surface area contributed by atoms with Crippen LogP contribution in [-0.4, -0.2) is 24.0 Å². The summed E-state index contributed by atoms with van der Waals surface area (Å²) in [6, 6.07) is 22.4. The molecule has 0 radical (unpaired) electrons. The van der Waals surface area contributed by atoms with Gasteiger partial charge in [-0.25, -0.2) is 0 Å². The van der Waals surface area contributed by atoms with Crippen molar-refractivity contribution in [1.29, 1.82) is 0 Å². The van der Waals surface area contributed by atoms with Crippen molar-refractivity contribution in [2.24, 2.45) is 0 Å². The highest BCUT2D eigenvalue weighted by Gasteiger charge is 2.51. The van der Waals surface area contributed by atoms with E-state index in [1.54, 1.807) is 87.0 Å². The van der Waals surface area contributed by atoms with E-state index in [1.807, 2.05) is 6.07 Å². The molecule has 0 unspecified atom stereocenters. The van der Waals surface area contributed by atoms with Crippen LogP contribution in [0.5, 0.6) is 11.5 Å². The highest BCUT2D eigenvalue weighted by atomic mass is 31.2. The Hall–Kier alpha value is -2.59. The van der Waals surface area contributed by atoms with E-state index in [1.165, 1.54) is 0 Å². The molecule has 3 aromatic rings. The Balaban J connectivity index is 2.36. The lowest BCUT2D eigenvalue weighted by Crippen LogP contribution is -2.29. The van der Waals surface area contributed by atoms with Gasteiger partial charge in [0.15, 0.2) is 0 Å². The molecule has 0 aliphatic heterocycles. The highest BCUT2D eigenvalue weighted by molar-refractivity contribution is 7.53. The van der Waals surface area contributed by atoms with Crippen molar-refractivity contribution in [2.75, 3.05) is 14.2 Å². The van der Waals surface area contributed by atoms with Gasteiger partial charge in [0.05, 0.1) is 14.2 Å². The summed E-state index contributed by atoms with van der Waals surface area (Å²) < 4.78 is 23.4. The minimum atomic E-state index is -4.70. The number of benzene rings is 3. The molecule has 0 aliphatic carbocycles. The van der Waals surface area contributed by atoms with E-state index in [2.05, 4.69) is 0 Å². The van der Waals surface area contributed by atoms with E-state index in [9.17, 15) is 14.4 Å². The van der Waals surface area contributed by atoms with Gasteiger partial charge < -0.3 is 19.3 Å². The van der Waals surface area contributed by atoms with Crippen LogP contribution in [0.3, 0.4) is 0 Å². The van der Waals surface area contributed by atoms with Crippen molar-refractivity contribution >= 4 is 7.60 Å². The molecule has 3 aromatic carbocycles. The Labute approximate surface area is 158 Å². The van der Waals surface area contributed by atoms with Crippen LogP contribution in [-0.2, 0) is 9.72 Å². The molecule has 0 spiro atoms. The zero-order chi connectivity index (χ0) is 19.5. The zero-order valence-electron chi connectivity index (χ0n) is 15.1. The monoisotopic (exact) mass is 384 g/mol. The second-order valence-electron chi connectivity index (χ2n) is 6.08. The highest BCUT2D eigenvalue weighted by Crippen LogP contribution is 2.64. The first-order valence-electron chi connectivity index (χ1n) is 8.33. The van der Waals surface area contributed by atoms with Gasteiger partial charge in [-0.05, 0) is 41.0 Å². The normalized spacial score (nSPS) is 11.9. The third kappa shape index (κ3) is 3.37. The maximum atomic E-state index is 13.0. The van der Waals surface area contributed by atoms with E-state index in [0.29, 0.717) is 28.2 Å². The van der Waals surface area contributed by atoms with Crippen molar-refractivity contribution in [3.63, 3.8) is 0 Å². The fraction of sp³-hybridized carbons (Fsp3) is 0.143. The molecule has 0 atom stereocenters. The molecule has 27 heavy (non-hydrogen) atoms. The predicted octanol–water partition coefficient (Wildman–Crippen LogP) is 4.17. The summed E-state index contributed by atoms with van der Waals surface area (Å²) in [6.45, 7) is 0. The van der Waals surface area contributed by atoms with Crippen molar-refractivity contribution in [1.82, 2.24) is 0 Å². The number of rotatable bonds is 6. The summed E-state index contributed by atoms with van der Waals surface area (Å²) in [5, 5.41) is -1.65. The number of hydrogen-bond acceptors (Lipinski definition) is 3. The third-order valence-electron chi connectivity index (χ3n) is 4.64. The first-order chi connectivity index (χ1) is 12.9. The largest absolute Gasteiger partial charge is 0.497 e. The SMILES string of the molecule is COc1ccc(C(c2ccccc2)(c2ccc(OC)cc2)P(=O)(O)O)cc1. The minimum absolute atomic E-state index is 0.480. The van der Waals surface area contributed by atoms with Crippen molar-refractivity contribution in [2.45, 2.75) is 5.16 Å². The summed E-state index contributed by atoms with van der Waals surface area (Å²) >= 11 is 0. The maximum Gasteiger partial charge on any atom is 0.344 e. The van der Waals surface area contributed by atoms with Gasteiger partial charge in [0.1, 0.15) is 16.7 Å². The van der Waals surface area contributed by atoms with E-state index >= 15 is 0 Å². The number of methoxy groups -OCH3 is 2. The standard InChI is InChI=1S/C21H21O5P/c1-25-19-12-8-17(9-13-19)21(27(22,23)24,16-6-4-3-5-7-16)18-10-14-20(26-2)15-11-18/h3-15H,1-2H3,(H2,22,23,24). The zero-order valence-corrected chi connectivity index (χ0v) is 16.0. The number of ether oxygens (including phenoxy) is 2. The van der Waals surface area contributed by atoms with Crippen molar-refractivity contribution in [3.05, 3.63) is 95.6 Å². The summed E-state index contributed by atoms with van der Waals surface area (Å²) in [4.78, 5) is 21.2. The minimum Gasteiger partial charge on any atom is -0.497 e. The fourth-order valence-electron chi connectivity index (χ4n) is 3.35. The fourth-order valence-corrected chi connectivity index (χ4v) is 4.80. The van der Waals surface area contributed by atoms with Gasteiger partial charge in [-0.3, -0.25) is 4.57 Å². The summed E-state index contributed by atoms with van der Waals surface area (Å²) in [5.74, 6) is 1.22. The molecule has 0 amide bonds. The summed E-state index contributed by atoms with van der Waals surface area (Å²) in [5.41, 5.74) is 1.47. The van der Waals surface area contributed by atoms with Crippen LogP contribution in [0.15, 0.2) is 78.9 Å². The molecule has 6 heteroatoms. The van der Waals surface area contributed by atoms with Crippen LogP contribution in [0.25, 0.3) is 0 Å². The molecule has 0 saturated carbocycles. The predicted molar refractivity (Wildman–Crippen MR) is 104 cm³/mol. The molecule has 3 rings (SSSR count). The van der Waals surface area contributed by atoms with Crippen LogP contribution in [0.2, 0.25) is 0 Å². The molecule has 5 nitrogen and oxygen atoms in total. The number of hydrogen-bond donors (Lipinski definition) is 2. The Bertz CT molecular complexity index is 883. The van der Waals surface area contributed by atoms with Crippen molar-refractivity contribution in [3.8, 4) is 11.5 Å². The van der Waals surface area contributed by atoms with Gasteiger partial charge >= 0.3 is 7.60 Å². The smallest absolute Gasteiger partial charge is 0.344 e. The second kappa shape index (κ2) is 7.57. The Morgan fingerprint density at radius 3 is 1.37 bits per heavy atom. The molecular formula is C21H21O5P. The molecule has 0 fully saturated rings. The molecule has 0 bridgehead atoms. The molecule has 0 heterocycles. The maximum absolute atomic E-state index is 13.0. The molecule has 0 aliphatic rings. The molecular weight excluding hydrogens is 363 g/mol. The van der Waals surface area contributed by atoms with Gasteiger partial charge in [-0.2, -0.15) is 0 Å². The van der Waals surface area contributed by atoms with Crippen LogP contribution in [0, 0.1) is 0 Å². The lowest BCUT2D eigenvalue weighted by Gasteiger charge is -2.36. The van der Waals surface area contributed by atoms with E-state index in [-0.39, 0.29) is 0 Å². The summed E-state index contributed by atoms with van der Waals surface area (Å²) in [7, 11) is -1.61. The van der Waals surface area contributed by atoms with Crippen LogP contribution in [0.4, 0.5) is 0 Å². The average molecular weight is 384 g/mol. The van der Waals surface area contributed by atoms with E-state index in [4.69, 9.17) is 9.47 Å². The Morgan fingerprint density at radius 2 is 1.04 bits per heavy atom. The second-order valence-corrected chi connectivity index (χ2v) is 7.84. The van der Waals surface area contributed by atoms with Gasteiger partial charge in [0.2, 0.25) is 0 Å². The first-order valence-corrected chi connectivity index (χ1v) is 9.95. The third-order valence-corrected chi connectivity index (χ3v) is 6.29. The van der Waals surface area contributed by atoms with E-state index in [0.717, 1.165) is 0 Å². The molecule has 0 aromatic heterocycles. The lowest BCUT2D eigenvalue weighted by molar-refractivity contribution is 0.349. The molecule has 0 saturated heterocycles. The molecule has 2 N–H and O–H groups in total. The van der Waals surface area contributed by atoms with Gasteiger partial charge in [-0.1, -0.05) is 54.6 Å². The first kappa shape index (κ1) is 19.2. The topological polar surface area (TPSA) is 76.0 Å². The lowest BCUT2D eigenvalue weighted by atomic mass is 9.84. The van der Waals surface area contributed by atoms with Crippen LogP contribution < -0.4 is 9.47 Å². The van der Waals surface area contributed by atoms with Gasteiger partial charge in [0, 0.05) is 0 Å². The Kier molecular flexibility index (Phi) is 5.38. The van der Waals surface area contributed by atoms with E-state index < -0.39 is 12.8 Å². The van der Waals surface area contributed by atoms with Crippen LogP contribution in [0.1, 0.15) is 16.7 Å². The van der Waals surface area contributed by atoms with Gasteiger partial charge in [-0.15, -0.1) is 0 Å². The van der Waals surface area contributed by atoms with Crippen LogP contribution >= 0.6 is 7.60 Å². The average Bonchev–Trinajstić information content (AvgIpc) is 2.69.